The van der Waals surface area contributed by atoms with Crippen molar-refractivity contribution in [3.63, 3.8) is 0 Å². The Bertz CT molecular complexity index is 370. The molecule has 17 heavy (non-hydrogen) atoms. The zero-order valence-electron chi connectivity index (χ0n) is 10.0. The summed E-state index contributed by atoms with van der Waals surface area (Å²) in [5.74, 6) is 0.964. The first-order valence-electron chi connectivity index (χ1n) is 6.03. The molecule has 0 aromatic heterocycles. The summed E-state index contributed by atoms with van der Waals surface area (Å²) in [4.78, 5) is 0. The van der Waals surface area contributed by atoms with E-state index in [9.17, 15) is 0 Å². The number of nitrogens with one attached hydrogen (secondary N) is 1. The van der Waals surface area contributed by atoms with Gasteiger partial charge in [-0.3, -0.25) is 0 Å². The predicted molar refractivity (Wildman–Crippen MR) is 68.9 cm³/mol. The standard InChI is InChI=1S/C13H18ClNO2/c1-2-16-6-5-15-9-12-8-10-7-11(14)3-4-13(10)17-12/h3-4,7,12,15H,2,5-6,8-9H2,1H3. The Balaban J connectivity index is 1.73. The van der Waals surface area contributed by atoms with E-state index in [1.807, 2.05) is 25.1 Å². The van der Waals surface area contributed by atoms with Gasteiger partial charge in [-0.2, -0.15) is 0 Å². The van der Waals surface area contributed by atoms with Crippen molar-refractivity contribution >= 4 is 11.6 Å². The van der Waals surface area contributed by atoms with Crippen LogP contribution in [0.25, 0.3) is 0 Å². The summed E-state index contributed by atoms with van der Waals surface area (Å²) in [7, 11) is 0. The van der Waals surface area contributed by atoms with E-state index < -0.39 is 0 Å². The lowest BCUT2D eigenvalue weighted by atomic mass is 10.1. The minimum atomic E-state index is 0.213. The first kappa shape index (κ1) is 12.7. The Morgan fingerprint density at radius 2 is 2.41 bits per heavy atom. The third-order valence-corrected chi connectivity index (χ3v) is 3.00. The van der Waals surface area contributed by atoms with Crippen molar-refractivity contribution in [1.82, 2.24) is 5.32 Å². The highest BCUT2D eigenvalue weighted by atomic mass is 35.5. The van der Waals surface area contributed by atoms with Crippen LogP contribution in [-0.4, -0.2) is 32.4 Å². The molecule has 0 radical (unpaired) electrons. The van der Waals surface area contributed by atoms with E-state index in [0.717, 1.165) is 43.5 Å². The van der Waals surface area contributed by atoms with Gasteiger partial charge in [0, 0.05) is 31.1 Å². The molecule has 0 aliphatic carbocycles. The summed E-state index contributed by atoms with van der Waals surface area (Å²) in [5, 5.41) is 4.10. The molecular formula is C13H18ClNO2. The van der Waals surface area contributed by atoms with Gasteiger partial charge in [0.25, 0.3) is 0 Å². The minimum absolute atomic E-state index is 0.213. The van der Waals surface area contributed by atoms with Crippen LogP contribution in [0.5, 0.6) is 5.75 Å². The third-order valence-electron chi connectivity index (χ3n) is 2.76. The number of rotatable bonds is 6. The number of benzene rings is 1. The lowest BCUT2D eigenvalue weighted by Crippen LogP contribution is -2.32. The van der Waals surface area contributed by atoms with Crippen molar-refractivity contribution < 1.29 is 9.47 Å². The van der Waals surface area contributed by atoms with Gasteiger partial charge in [0.1, 0.15) is 11.9 Å². The van der Waals surface area contributed by atoms with E-state index in [1.54, 1.807) is 0 Å². The molecule has 1 atom stereocenters. The lowest BCUT2D eigenvalue weighted by Gasteiger charge is -2.11. The highest BCUT2D eigenvalue weighted by molar-refractivity contribution is 6.30. The Hall–Kier alpha value is -0.770. The first-order chi connectivity index (χ1) is 8.29. The van der Waals surface area contributed by atoms with E-state index in [4.69, 9.17) is 21.1 Å². The largest absolute Gasteiger partial charge is 0.488 e. The normalized spacial score (nSPS) is 17.9. The molecule has 4 heteroatoms. The van der Waals surface area contributed by atoms with Gasteiger partial charge in [0.2, 0.25) is 0 Å². The van der Waals surface area contributed by atoms with Gasteiger partial charge in [0.05, 0.1) is 6.61 Å². The molecule has 0 saturated heterocycles. The molecule has 0 spiro atoms. The van der Waals surface area contributed by atoms with Crippen LogP contribution < -0.4 is 10.1 Å². The maximum absolute atomic E-state index is 5.94. The summed E-state index contributed by atoms with van der Waals surface area (Å²) >= 11 is 5.94. The maximum Gasteiger partial charge on any atom is 0.123 e. The Labute approximate surface area is 107 Å². The molecule has 1 aromatic carbocycles. The van der Waals surface area contributed by atoms with Crippen LogP contribution in [0, 0.1) is 0 Å². The van der Waals surface area contributed by atoms with Crippen LogP contribution in [0.2, 0.25) is 5.02 Å². The zero-order chi connectivity index (χ0) is 12.1. The molecule has 0 fully saturated rings. The molecule has 1 unspecified atom stereocenters. The van der Waals surface area contributed by atoms with Gasteiger partial charge < -0.3 is 14.8 Å². The Kier molecular flexibility index (Phi) is 4.66. The second-order valence-corrected chi connectivity index (χ2v) is 4.53. The smallest absolute Gasteiger partial charge is 0.123 e. The molecule has 94 valence electrons. The number of hydrogen-bond donors (Lipinski definition) is 1. The summed E-state index contributed by atoms with van der Waals surface area (Å²) in [6.07, 6.45) is 1.14. The maximum atomic E-state index is 5.94. The fourth-order valence-corrected chi connectivity index (χ4v) is 2.15. The van der Waals surface area contributed by atoms with Crippen LogP contribution in [0.15, 0.2) is 18.2 Å². The van der Waals surface area contributed by atoms with Gasteiger partial charge in [-0.1, -0.05) is 11.6 Å². The second kappa shape index (κ2) is 6.24. The average molecular weight is 256 g/mol. The molecule has 3 nitrogen and oxygen atoms in total. The second-order valence-electron chi connectivity index (χ2n) is 4.10. The molecule has 1 heterocycles. The molecule has 0 bridgehead atoms. The minimum Gasteiger partial charge on any atom is -0.488 e. The van der Waals surface area contributed by atoms with E-state index in [1.165, 1.54) is 5.56 Å². The molecule has 1 aliphatic rings. The van der Waals surface area contributed by atoms with Gasteiger partial charge >= 0.3 is 0 Å². The topological polar surface area (TPSA) is 30.5 Å². The van der Waals surface area contributed by atoms with Crippen molar-refractivity contribution in [2.75, 3.05) is 26.3 Å². The van der Waals surface area contributed by atoms with Crippen molar-refractivity contribution in [3.8, 4) is 5.75 Å². The molecule has 0 saturated carbocycles. The Morgan fingerprint density at radius 1 is 1.53 bits per heavy atom. The number of hydrogen-bond acceptors (Lipinski definition) is 3. The first-order valence-corrected chi connectivity index (χ1v) is 6.41. The SMILES string of the molecule is CCOCCNCC1Cc2cc(Cl)ccc2O1. The highest BCUT2D eigenvalue weighted by Gasteiger charge is 2.22. The van der Waals surface area contributed by atoms with E-state index in [-0.39, 0.29) is 6.10 Å². The molecule has 2 rings (SSSR count). The van der Waals surface area contributed by atoms with Crippen molar-refractivity contribution in [1.29, 1.82) is 0 Å². The predicted octanol–water partition coefficient (Wildman–Crippen LogP) is 2.27. The average Bonchev–Trinajstić information content (AvgIpc) is 2.70. The van der Waals surface area contributed by atoms with E-state index >= 15 is 0 Å². The highest BCUT2D eigenvalue weighted by Crippen LogP contribution is 2.30. The van der Waals surface area contributed by atoms with Crippen LogP contribution in [0.4, 0.5) is 0 Å². The number of fused-ring (bicyclic) bond motifs is 1. The Morgan fingerprint density at radius 3 is 3.24 bits per heavy atom. The number of ether oxygens (including phenoxy) is 2. The van der Waals surface area contributed by atoms with Gasteiger partial charge in [-0.05, 0) is 30.7 Å². The molecule has 1 N–H and O–H groups in total. The van der Waals surface area contributed by atoms with Crippen molar-refractivity contribution in [2.45, 2.75) is 19.4 Å². The van der Waals surface area contributed by atoms with Crippen molar-refractivity contribution in [2.24, 2.45) is 0 Å². The van der Waals surface area contributed by atoms with Gasteiger partial charge in [-0.25, -0.2) is 0 Å². The monoisotopic (exact) mass is 255 g/mol. The van der Waals surface area contributed by atoms with Gasteiger partial charge in [-0.15, -0.1) is 0 Å². The third kappa shape index (κ3) is 3.60. The van der Waals surface area contributed by atoms with Crippen molar-refractivity contribution in [3.05, 3.63) is 28.8 Å². The summed E-state index contributed by atoms with van der Waals surface area (Å²) in [6.45, 7) is 5.23. The lowest BCUT2D eigenvalue weighted by molar-refractivity contribution is 0.145. The van der Waals surface area contributed by atoms with E-state index in [0.29, 0.717) is 0 Å². The molecule has 1 aliphatic heterocycles. The van der Waals surface area contributed by atoms with E-state index in [2.05, 4.69) is 5.32 Å². The molecule has 0 amide bonds. The number of halogens is 1. The summed E-state index contributed by atoms with van der Waals surface area (Å²) in [6, 6.07) is 5.79. The van der Waals surface area contributed by atoms with Gasteiger partial charge in [0.15, 0.2) is 0 Å². The molecule has 1 aromatic rings. The van der Waals surface area contributed by atoms with Crippen LogP contribution >= 0.6 is 11.6 Å². The fraction of sp³-hybridized carbons (Fsp3) is 0.538. The van der Waals surface area contributed by atoms with Crippen LogP contribution in [-0.2, 0) is 11.2 Å². The quantitative estimate of drug-likeness (QED) is 0.791. The van der Waals surface area contributed by atoms with Crippen LogP contribution in [0.1, 0.15) is 12.5 Å². The summed E-state index contributed by atoms with van der Waals surface area (Å²) in [5.41, 5.74) is 1.20. The fourth-order valence-electron chi connectivity index (χ4n) is 1.95. The van der Waals surface area contributed by atoms with Crippen LogP contribution in [0.3, 0.4) is 0 Å². The molecular weight excluding hydrogens is 238 g/mol. The summed E-state index contributed by atoms with van der Waals surface area (Å²) < 4.78 is 11.1. The zero-order valence-corrected chi connectivity index (χ0v) is 10.8.